The van der Waals surface area contributed by atoms with E-state index in [0.29, 0.717) is 5.56 Å². The number of pyridine rings is 1. The minimum atomic E-state index is -1.05. The van der Waals surface area contributed by atoms with E-state index in [1.807, 2.05) is 24.6 Å². The van der Waals surface area contributed by atoms with Crippen molar-refractivity contribution in [3.8, 4) is 0 Å². The molecule has 0 aliphatic carbocycles. The summed E-state index contributed by atoms with van der Waals surface area (Å²) < 4.78 is 23.2. The van der Waals surface area contributed by atoms with Crippen LogP contribution in [0.5, 0.6) is 0 Å². The van der Waals surface area contributed by atoms with Crippen molar-refractivity contribution in [2.45, 2.75) is 149 Å². The molecule has 252 valence electrons. The molecule has 0 aromatic carbocycles. The van der Waals surface area contributed by atoms with Gasteiger partial charge in [0.1, 0.15) is 18.7 Å². The average molecular weight is 623 g/mol. The molecule has 1 rings (SSSR count). The second-order valence-electron chi connectivity index (χ2n) is 11.4. The van der Waals surface area contributed by atoms with E-state index in [1.54, 1.807) is 32.4 Å². The van der Waals surface area contributed by atoms with Crippen LogP contribution in [-0.2, 0) is 25.5 Å². The van der Waals surface area contributed by atoms with E-state index in [9.17, 15) is 14.4 Å². The Hall–Kier alpha value is -2.88. The maximum Gasteiger partial charge on any atom is 0.410 e. The monoisotopic (exact) mass is 622 g/mol. The molecule has 0 saturated carbocycles. The lowest BCUT2D eigenvalue weighted by molar-refractivity contribution is -0.693. The van der Waals surface area contributed by atoms with E-state index in [-0.39, 0.29) is 31.7 Å². The number of alkyl carbamates (subject to hydrolysis) is 2. The van der Waals surface area contributed by atoms with Crippen LogP contribution in [0.2, 0.25) is 0 Å². The van der Waals surface area contributed by atoms with Crippen molar-refractivity contribution < 1.29 is 37.9 Å². The maximum absolute atomic E-state index is 12.6. The number of rotatable bonds is 25. The standard InChI is InChI=1S/C34H59N3O7/c1-6-9-10-11-12-13-14-15-16-17-18-19-20-23-30(28(4)41-5)36-34(40)44-31(7-2)43-33(39)35-24-26-42-32(38)29-22-21-25-37(8-3)27-29/h21-22,25,27-28,30-31H,6-20,23-24,26H2,1-5H3,(H-,35,36,39,40)/p+1. The summed E-state index contributed by atoms with van der Waals surface area (Å²) >= 11 is 0. The first-order valence-corrected chi connectivity index (χ1v) is 16.9. The number of aryl methyl sites for hydroxylation is 1. The van der Waals surface area contributed by atoms with E-state index in [2.05, 4.69) is 17.6 Å². The number of amides is 2. The topological polar surface area (TPSA) is 116 Å². The lowest BCUT2D eigenvalue weighted by atomic mass is 10.0. The molecule has 1 aromatic rings. The van der Waals surface area contributed by atoms with Crippen LogP contribution < -0.4 is 15.2 Å². The zero-order valence-corrected chi connectivity index (χ0v) is 28.1. The van der Waals surface area contributed by atoms with Gasteiger partial charge >= 0.3 is 18.2 Å². The Kier molecular flexibility index (Phi) is 22.6. The van der Waals surface area contributed by atoms with Crippen molar-refractivity contribution in [2.24, 2.45) is 0 Å². The van der Waals surface area contributed by atoms with Gasteiger partial charge in [-0.25, -0.2) is 19.0 Å². The lowest BCUT2D eigenvalue weighted by Gasteiger charge is -2.25. The number of aromatic nitrogens is 1. The Balaban J connectivity index is 2.26. The van der Waals surface area contributed by atoms with Crippen molar-refractivity contribution in [3.63, 3.8) is 0 Å². The fourth-order valence-corrected chi connectivity index (χ4v) is 4.85. The van der Waals surface area contributed by atoms with Crippen LogP contribution in [0.15, 0.2) is 24.5 Å². The summed E-state index contributed by atoms with van der Waals surface area (Å²) in [5, 5.41) is 5.39. The van der Waals surface area contributed by atoms with E-state index in [0.717, 1.165) is 25.8 Å². The van der Waals surface area contributed by atoms with Gasteiger partial charge in [-0.05, 0) is 26.3 Å². The first kappa shape index (κ1) is 39.1. The van der Waals surface area contributed by atoms with Gasteiger partial charge in [-0.15, -0.1) is 0 Å². The molecule has 0 fully saturated rings. The van der Waals surface area contributed by atoms with Gasteiger partial charge in [-0.1, -0.05) is 97.3 Å². The van der Waals surface area contributed by atoms with Crippen molar-refractivity contribution in [3.05, 3.63) is 30.1 Å². The highest BCUT2D eigenvalue weighted by Gasteiger charge is 2.23. The predicted molar refractivity (Wildman–Crippen MR) is 171 cm³/mol. The second kappa shape index (κ2) is 25.4. The minimum Gasteiger partial charge on any atom is -0.460 e. The zero-order valence-electron chi connectivity index (χ0n) is 28.1. The van der Waals surface area contributed by atoms with E-state index < -0.39 is 24.4 Å². The van der Waals surface area contributed by atoms with Gasteiger partial charge in [0.15, 0.2) is 12.4 Å². The molecular formula is C34H60N3O7+. The fraction of sp³-hybridized carbons (Fsp3) is 0.765. The number of nitrogens with zero attached hydrogens (tertiary/aromatic N) is 1. The van der Waals surface area contributed by atoms with Crippen LogP contribution in [0.4, 0.5) is 9.59 Å². The van der Waals surface area contributed by atoms with Gasteiger partial charge in [0.2, 0.25) is 0 Å². The molecule has 3 atom stereocenters. The minimum absolute atomic E-state index is 0.0249. The molecule has 10 nitrogen and oxygen atoms in total. The number of carbonyl (C=O) groups excluding carboxylic acids is 3. The van der Waals surface area contributed by atoms with Crippen LogP contribution in [-0.4, -0.2) is 56.9 Å². The Morgan fingerprint density at radius 3 is 2.00 bits per heavy atom. The summed E-state index contributed by atoms with van der Waals surface area (Å²) in [5.41, 5.74) is 0.428. The molecule has 0 aliphatic rings. The van der Waals surface area contributed by atoms with Crippen LogP contribution >= 0.6 is 0 Å². The summed E-state index contributed by atoms with van der Waals surface area (Å²) in [6, 6.07) is 3.23. The average Bonchev–Trinajstić information content (AvgIpc) is 3.03. The molecule has 0 aliphatic heterocycles. The number of methoxy groups -OCH3 is 1. The summed E-state index contributed by atoms with van der Waals surface area (Å²) in [6.45, 7) is 8.66. The predicted octanol–water partition coefficient (Wildman–Crippen LogP) is 7.22. The molecule has 0 radical (unpaired) electrons. The van der Waals surface area contributed by atoms with Gasteiger partial charge < -0.3 is 29.6 Å². The molecule has 3 unspecified atom stereocenters. The Bertz CT molecular complexity index is 915. The molecule has 2 N–H and O–H groups in total. The smallest absolute Gasteiger partial charge is 0.410 e. The first-order chi connectivity index (χ1) is 21.3. The van der Waals surface area contributed by atoms with Gasteiger partial charge in [0.25, 0.3) is 6.29 Å². The number of ether oxygens (including phenoxy) is 4. The second-order valence-corrected chi connectivity index (χ2v) is 11.4. The quantitative estimate of drug-likeness (QED) is 0.0512. The highest BCUT2D eigenvalue weighted by Crippen LogP contribution is 2.15. The summed E-state index contributed by atoms with van der Waals surface area (Å²) in [5.74, 6) is -0.479. The molecule has 1 aromatic heterocycles. The number of nitrogens with one attached hydrogen (secondary N) is 2. The van der Waals surface area contributed by atoms with E-state index in [4.69, 9.17) is 18.9 Å². The van der Waals surface area contributed by atoms with E-state index >= 15 is 0 Å². The lowest BCUT2D eigenvalue weighted by Crippen LogP contribution is -2.45. The molecule has 0 spiro atoms. The molecule has 0 bridgehead atoms. The normalized spacial score (nSPS) is 13.0. The summed E-state index contributed by atoms with van der Waals surface area (Å²) in [4.78, 5) is 37.0. The Morgan fingerprint density at radius 2 is 1.43 bits per heavy atom. The molecule has 0 saturated heterocycles. The number of hydrogen-bond acceptors (Lipinski definition) is 7. The van der Waals surface area contributed by atoms with Crippen LogP contribution in [0.3, 0.4) is 0 Å². The molecule has 10 heteroatoms. The first-order valence-electron chi connectivity index (χ1n) is 16.9. The van der Waals surface area contributed by atoms with Gasteiger partial charge in [0, 0.05) is 19.6 Å². The van der Waals surface area contributed by atoms with Crippen molar-refractivity contribution in [2.75, 3.05) is 20.3 Å². The maximum atomic E-state index is 12.6. The van der Waals surface area contributed by atoms with Crippen LogP contribution in [0.25, 0.3) is 0 Å². The largest absolute Gasteiger partial charge is 0.460 e. The van der Waals surface area contributed by atoms with Gasteiger partial charge in [0.05, 0.1) is 18.7 Å². The van der Waals surface area contributed by atoms with Crippen molar-refractivity contribution >= 4 is 18.2 Å². The zero-order chi connectivity index (χ0) is 32.4. The summed E-state index contributed by atoms with van der Waals surface area (Å²) in [6.07, 6.45) is 18.6. The van der Waals surface area contributed by atoms with E-state index in [1.165, 1.54) is 70.6 Å². The SMILES string of the molecule is CCCCCCCCCCCCCCCC(NC(=O)OC(CC)OC(=O)NCCOC(=O)c1ccc[n+](CC)c1)C(C)OC. The number of unbranched alkanes of at least 4 members (excludes halogenated alkanes) is 12. The molecular weight excluding hydrogens is 562 g/mol. The van der Waals surface area contributed by atoms with Crippen molar-refractivity contribution in [1.82, 2.24) is 10.6 Å². The van der Waals surface area contributed by atoms with Gasteiger partial charge in [-0.3, -0.25) is 0 Å². The van der Waals surface area contributed by atoms with Crippen LogP contribution in [0, 0.1) is 0 Å². The van der Waals surface area contributed by atoms with Crippen LogP contribution in [0.1, 0.15) is 134 Å². The number of hydrogen-bond donors (Lipinski definition) is 2. The molecule has 2 amide bonds. The fourth-order valence-electron chi connectivity index (χ4n) is 4.85. The number of carbonyl (C=O) groups is 3. The highest BCUT2D eigenvalue weighted by molar-refractivity contribution is 5.88. The third-order valence-electron chi connectivity index (χ3n) is 7.73. The molecule has 1 heterocycles. The number of esters is 1. The summed E-state index contributed by atoms with van der Waals surface area (Å²) in [7, 11) is 1.62. The Morgan fingerprint density at radius 1 is 0.841 bits per heavy atom. The highest BCUT2D eigenvalue weighted by atomic mass is 16.7. The molecule has 44 heavy (non-hydrogen) atoms. The van der Waals surface area contributed by atoms with Gasteiger partial charge in [-0.2, -0.15) is 0 Å². The third kappa shape index (κ3) is 18.7. The third-order valence-corrected chi connectivity index (χ3v) is 7.73. The Labute approximate surface area is 265 Å². The van der Waals surface area contributed by atoms with Crippen molar-refractivity contribution in [1.29, 1.82) is 0 Å².